The Morgan fingerprint density at radius 3 is 3.00 bits per heavy atom. The third-order valence-corrected chi connectivity index (χ3v) is 1.99. The fourth-order valence-electron chi connectivity index (χ4n) is 1.34. The Bertz CT molecular complexity index is 311. The zero-order valence-electron chi connectivity index (χ0n) is 7.33. The van der Waals surface area contributed by atoms with Crippen LogP contribution in [0, 0.1) is 12.1 Å². The molecule has 0 aromatic heterocycles. The lowest BCUT2D eigenvalue weighted by Crippen LogP contribution is -2.16. The molecule has 0 spiro atoms. The van der Waals surface area contributed by atoms with E-state index in [1.54, 1.807) is 0 Å². The molecule has 1 nitrogen and oxygen atoms in total. The number of anilines is 1. The standard InChI is InChI=1S/C12H11N/c1-3-7-11(8-4-1)13-12-9-5-2-6-10-12/h1,3-5,7,9-11,13H,8H2. The fourth-order valence-corrected chi connectivity index (χ4v) is 1.34. The first-order chi connectivity index (χ1) is 6.45. The molecule has 1 aliphatic rings. The molecule has 13 heavy (non-hydrogen) atoms. The maximum absolute atomic E-state index is 3.39. The van der Waals surface area contributed by atoms with Crippen molar-refractivity contribution in [2.24, 2.45) is 0 Å². The highest BCUT2D eigenvalue weighted by Crippen LogP contribution is 2.10. The van der Waals surface area contributed by atoms with E-state index in [1.807, 2.05) is 18.2 Å². The first kappa shape index (κ1) is 7.94. The van der Waals surface area contributed by atoms with Gasteiger partial charge in [0.05, 0.1) is 0 Å². The van der Waals surface area contributed by atoms with Gasteiger partial charge < -0.3 is 5.32 Å². The van der Waals surface area contributed by atoms with E-state index >= 15 is 0 Å². The van der Waals surface area contributed by atoms with Crippen LogP contribution in [0.25, 0.3) is 0 Å². The highest BCUT2D eigenvalue weighted by Gasteiger charge is 2.03. The molecule has 2 rings (SSSR count). The van der Waals surface area contributed by atoms with Crippen LogP contribution in [-0.2, 0) is 0 Å². The summed E-state index contributed by atoms with van der Waals surface area (Å²) in [5.74, 6) is 0. The van der Waals surface area contributed by atoms with Crippen LogP contribution in [-0.4, -0.2) is 6.04 Å². The SMILES string of the molecule is c1ccc(NC2C=CC=CC2)cc#1. The van der Waals surface area contributed by atoms with E-state index in [1.165, 1.54) is 0 Å². The average Bonchev–Trinajstić information content (AvgIpc) is 2.21. The van der Waals surface area contributed by atoms with Crippen LogP contribution in [0.2, 0.25) is 0 Å². The first-order valence-corrected chi connectivity index (χ1v) is 4.43. The Hall–Kier alpha value is -1.68. The first-order valence-electron chi connectivity index (χ1n) is 4.43. The van der Waals surface area contributed by atoms with E-state index in [2.05, 4.69) is 41.8 Å². The number of nitrogens with one attached hydrogen (secondary N) is 1. The zero-order chi connectivity index (χ0) is 8.93. The molecule has 1 aliphatic carbocycles. The quantitative estimate of drug-likeness (QED) is 0.717. The molecule has 1 N–H and O–H groups in total. The minimum Gasteiger partial charge on any atom is -0.378 e. The van der Waals surface area contributed by atoms with Gasteiger partial charge >= 0.3 is 0 Å². The van der Waals surface area contributed by atoms with E-state index in [4.69, 9.17) is 0 Å². The van der Waals surface area contributed by atoms with Crippen LogP contribution in [0.1, 0.15) is 6.42 Å². The van der Waals surface area contributed by atoms with Crippen molar-refractivity contribution in [3.63, 3.8) is 0 Å². The van der Waals surface area contributed by atoms with Gasteiger partial charge in [-0.3, -0.25) is 0 Å². The Kier molecular flexibility index (Phi) is 2.33. The van der Waals surface area contributed by atoms with Gasteiger partial charge in [-0.25, -0.2) is 0 Å². The summed E-state index contributed by atoms with van der Waals surface area (Å²) in [6.45, 7) is 0. The van der Waals surface area contributed by atoms with Gasteiger partial charge in [0.25, 0.3) is 0 Å². The third kappa shape index (κ3) is 2.13. The van der Waals surface area contributed by atoms with Gasteiger partial charge in [0, 0.05) is 17.8 Å². The average molecular weight is 169 g/mol. The molecule has 0 saturated heterocycles. The van der Waals surface area contributed by atoms with Crippen molar-refractivity contribution in [2.75, 3.05) is 5.32 Å². The number of rotatable bonds is 2. The van der Waals surface area contributed by atoms with Crippen molar-refractivity contribution in [1.29, 1.82) is 0 Å². The van der Waals surface area contributed by atoms with Crippen molar-refractivity contribution in [1.82, 2.24) is 0 Å². The molecule has 1 aromatic carbocycles. The number of hydrogen-bond acceptors (Lipinski definition) is 1. The maximum atomic E-state index is 3.39. The van der Waals surface area contributed by atoms with Gasteiger partial charge in [-0.2, -0.15) is 0 Å². The Labute approximate surface area is 78.8 Å². The second kappa shape index (κ2) is 3.82. The topological polar surface area (TPSA) is 12.0 Å². The zero-order valence-corrected chi connectivity index (χ0v) is 7.33. The van der Waals surface area contributed by atoms with Crippen LogP contribution < -0.4 is 5.32 Å². The Morgan fingerprint density at radius 1 is 1.31 bits per heavy atom. The molecule has 0 aliphatic heterocycles. The van der Waals surface area contributed by atoms with E-state index in [0.717, 1.165) is 12.1 Å². The Balaban J connectivity index is 1.99. The van der Waals surface area contributed by atoms with Crippen molar-refractivity contribution in [3.8, 4) is 0 Å². The second-order valence-electron chi connectivity index (χ2n) is 3.02. The van der Waals surface area contributed by atoms with Gasteiger partial charge in [-0.15, -0.1) is 0 Å². The summed E-state index contributed by atoms with van der Waals surface area (Å²) in [6, 6.07) is 12.0. The van der Waals surface area contributed by atoms with E-state index < -0.39 is 0 Å². The smallest absolute Gasteiger partial charge is 0.0482 e. The van der Waals surface area contributed by atoms with Gasteiger partial charge in [-0.1, -0.05) is 36.4 Å². The van der Waals surface area contributed by atoms with E-state index in [-0.39, 0.29) is 0 Å². The van der Waals surface area contributed by atoms with Crippen LogP contribution in [0.15, 0.2) is 42.5 Å². The van der Waals surface area contributed by atoms with Crippen molar-refractivity contribution in [3.05, 3.63) is 54.6 Å². The van der Waals surface area contributed by atoms with Crippen LogP contribution in [0.5, 0.6) is 0 Å². The van der Waals surface area contributed by atoms with Gasteiger partial charge in [-0.05, 0) is 18.6 Å². The molecule has 1 heteroatoms. The Morgan fingerprint density at radius 2 is 2.31 bits per heavy atom. The lowest BCUT2D eigenvalue weighted by atomic mass is 10.1. The lowest BCUT2D eigenvalue weighted by Gasteiger charge is -2.15. The lowest BCUT2D eigenvalue weighted by molar-refractivity contribution is 0.883. The molecule has 0 amide bonds. The van der Waals surface area contributed by atoms with Crippen molar-refractivity contribution in [2.45, 2.75) is 12.5 Å². The molecule has 1 aromatic rings. The van der Waals surface area contributed by atoms with E-state index in [9.17, 15) is 0 Å². The molecule has 0 bridgehead atoms. The minimum atomic E-state index is 0.417. The molecular formula is C12H11N. The molecule has 0 saturated carbocycles. The highest BCUT2D eigenvalue weighted by molar-refractivity contribution is 5.43. The molecule has 1 unspecified atom stereocenters. The second-order valence-corrected chi connectivity index (χ2v) is 3.02. The molecule has 0 radical (unpaired) electrons. The largest absolute Gasteiger partial charge is 0.378 e. The normalized spacial score (nSPS) is 19.5. The van der Waals surface area contributed by atoms with Crippen LogP contribution in [0.3, 0.4) is 0 Å². The van der Waals surface area contributed by atoms with Crippen LogP contribution >= 0.6 is 0 Å². The highest BCUT2D eigenvalue weighted by atomic mass is 14.9. The summed E-state index contributed by atoms with van der Waals surface area (Å²) in [7, 11) is 0. The predicted octanol–water partition coefficient (Wildman–Crippen LogP) is 2.58. The fraction of sp³-hybridized carbons (Fsp3) is 0.167. The van der Waals surface area contributed by atoms with Gasteiger partial charge in [0.1, 0.15) is 0 Å². The number of hydrogen-bond donors (Lipinski definition) is 1. The van der Waals surface area contributed by atoms with Crippen LogP contribution in [0.4, 0.5) is 5.69 Å². The molecule has 64 valence electrons. The molecular weight excluding hydrogens is 158 g/mol. The molecule has 0 heterocycles. The van der Waals surface area contributed by atoms with Gasteiger partial charge in [0.15, 0.2) is 0 Å². The third-order valence-electron chi connectivity index (χ3n) is 1.99. The molecule has 0 fully saturated rings. The summed E-state index contributed by atoms with van der Waals surface area (Å²) in [5, 5.41) is 3.39. The van der Waals surface area contributed by atoms with Crippen molar-refractivity contribution >= 4 is 5.69 Å². The number of allylic oxidation sites excluding steroid dienone is 2. The maximum Gasteiger partial charge on any atom is 0.0482 e. The summed E-state index contributed by atoms with van der Waals surface area (Å²) in [5.41, 5.74) is 1.10. The van der Waals surface area contributed by atoms with Crippen molar-refractivity contribution < 1.29 is 0 Å². The monoisotopic (exact) mass is 169 g/mol. The summed E-state index contributed by atoms with van der Waals surface area (Å²) >= 11 is 0. The van der Waals surface area contributed by atoms with Gasteiger partial charge in [0.2, 0.25) is 0 Å². The summed E-state index contributed by atoms with van der Waals surface area (Å²) < 4.78 is 0. The predicted molar refractivity (Wildman–Crippen MR) is 54.4 cm³/mol. The minimum absolute atomic E-state index is 0.417. The van der Waals surface area contributed by atoms with E-state index in [0.29, 0.717) is 6.04 Å². The summed E-state index contributed by atoms with van der Waals surface area (Å²) in [6.07, 6.45) is 9.52. The summed E-state index contributed by atoms with van der Waals surface area (Å²) in [4.78, 5) is 0. The molecule has 1 atom stereocenters.